The van der Waals surface area contributed by atoms with Crippen molar-refractivity contribution in [3.63, 3.8) is 0 Å². The van der Waals surface area contributed by atoms with Crippen molar-refractivity contribution < 1.29 is 5.11 Å². The predicted molar refractivity (Wildman–Crippen MR) is 103 cm³/mol. The molecule has 0 fully saturated rings. The predicted octanol–water partition coefficient (Wildman–Crippen LogP) is 5.24. The number of rotatable bonds is 4. The first-order valence-electron chi connectivity index (χ1n) is 8.06. The van der Waals surface area contributed by atoms with Gasteiger partial charge in [0.15, 0.2) is 0 Å². The van der Waals surface area contributed by atoms with Gasteiger partial charge in [-0.25, -0.2) is 9.97 Å². The maximum atomic E-state index is 9.71. The summed E-state index contributed by atoms with van der Waals surface area (Å²) in [4.78, 5) is 10.8. The molecular weight excluding hydrogens is 330 g/mol. The van der Waals surface area contributed by atoms with Crippen LogP contribution in [0.2, 0.25) is 0 Å². The quantitative estimate of drug-likeness (QED) is 0.530. The molecule has 2 aromatic carbocycles. The van der Waals surface area contributed by atoms with Gasteiger partial charge in [0.05, 0.1) is 5.39 Å². The fourth-order valence-electron chi connectivity index (χ4n) is 2.80. The minimum absolute atomic E-state index is 0.142. The van der Waals surface area contributed by atoms with Crippen LogP contribution < -0.4 is 5.32 Å². The Labute approximate surface area is 149 Å². The highest BCUT2D eigenvalue weighted by Crippen LogP contribution is 2.36. The number of thiophene rings is 1. The smallest absolute Gasteiger partial charge is 0.138 e. The second-order valence-electron chi connectivity index (χ2n) is 5.88. The Bertz CT molecular complexity index is 1010. The number of phenols is 1. The summed E-state index contributed by atoms with van der Waals surface area (Å²) in [5.74, 6) is 1.08. The van der Waals surface area contributed by atoms with Gasteiger partial charge in [-0.3, -0.25) is 0 Å². The molecule has 0 aliphatic heterocycles. The molecule has 1 unspecified atom stereocenters. The molecule has 2 N–H and O–H groups in total. The number of benzene rings is 2. The van der Waals surface area contributed by atoms with Crippen LogP contribution in [0.1, 0.15) is 18.5 Å². The number of fused-ring (bicyclic) bond motifs is 1. The number of hydrogen-bond acceptors (Lipinski definition) is 5. The van der Waals surface area contributed by atoms with E-state index in [2.05, 4.69) is 40.4 Å². The first-order valence-corrected chi connectivity index (χ1v) is 8.88. The zero-order valence-corrected chi connectivity index (χ0v) is 14.5. The lowest BCUT2D eigenvalue weighted by Crippen LogP contribution is -2.08. The molecule has 2 aromatic heterocycles. The van der Waals surface area contributed by atoms with E-state index in [1.165, 1.54) is 5.56 Å². The molecule has 0 amide bonds. The number of phenolic OH excluding ortho intramolecular Hbond substituents is 1. The van der Waals surface area contributed by atoms with Gasteiger partial charge in [0.2, 0.25) is 0 Å². The molecule has 1 atom stereocenters. The molecule has 124 valence electrons. The maximum absolute atomic E-state index is 9.71. The zero-order chi connectivity index (χ0) is 17.2. The van der Waals surface area contributed by atoms with Crippen LogP contribution in [0, 0.1) is 0 Å². The van der Waals surface area contributed by atoms with Crippen LogP contribution in [0.15, 0.2) is 67.0 Å². The van der Waals surface area contributed by atoms with E-state index in [9.17, 15) is 5.11 Å². The van der Waals surface area contributed by atoms with Crippen molar-refractivity contribution in [2.75, 3.05) is 5.32 Å². The standard InChI is InChI=1S/C20H17N3OS/c1-13(14-6-3-2-4-7-14)23-19-17-11-18(25-20(17)22-12-21-19)15-8-5-9-16(24)10-15/h2-13,24H,1H3,(H,21,22,23). The number of nitrogens with one attached hydrogen (secondary N) is 1. The number of aromatic nitrogens is 2. The molecule has 0 spiro atoms. The molecule has 0 saturated heterocycles. The van der Waals surface area contributed by atoms with Crippen molar-refractivity contribution in [1.29, 1.82) is 0 Å². The first kappa shape index (κ1) is 15.6. The molecule has 4 aromatic rings. The second-order valence-corrected chi connectivity index (χ2v) is 6.91. The SMILES string of the molecule is CC(Nc1ncnc2sc(-c3cccc(O)c3)cc12)c1ccccc1. The van der Waals surface area contributed by atoms with Crippen molar-refractivity contribution in [2.24, 2.45) is 0 Å². The van der Waals surface area contributed by atoms with E-state index >= 15 is 0 Å². The van der Waals surface area contributed by atoms with E-state index < -0.39 is 0 Å². The Morgan fingerprint density at radius 3 is 2.64 bits per heavy atom. The Morgan fingerprint density at radius 1 is 1.00 bits per heavy atom. The van der Waals surface area contributed by atoms with Crippen molar-refractivity contribution in [3.05, 3.63) is 72.6 Å². The van der Waals surface area contributed by atoms with Gasteiger partial charge >= 0.3 is 0 Å². The minimum Gasteiger partial charge on any atom is -0.508 e. The van der Waals surface area contributed by atoms with Crippen LogP contribution >= 0.6 is 11.3 Å². The normalized spacial score (nSPS) is 12.2. The average molecular weight is 347 g/mol. The molecule has 0 aliphatic rings. The highest BCUT2D eigenvalue weighted by Gasteiger charge is 2.13. The second kappa shape index (κ2) is 6.53. The van der Waals surface area contributed by atoms with Gasteiger partial charge < -0.3 is 10.4 Å². The molecule has 4 rings (SSSR count). The Morgan fingerprint density at radius 2 is 1.84 bits per heavy atom. The van der Waals surface area contributed by atoms with E-state index in [0.717, 1.165) is 26.5 Å². The molecule has 0 radical (unpaired) electrons. The summed E-state index contributed by atoms with van der Waals surface area (Å²) >= 11 is 1.59. The molecule has 0 saturated carbocycles. The van der Waals surface area contributed by atoms with E-state index in [-0.39, 0.29) is 11.8 Å². The van der Waals surface area contributed by atoms with Gasteiger partial charge in [-0.2, -0.15) is 0 Å². The van der Waals surface area contributed by atoms with Crippen LogP contribution in [0.25, 0.3) is 20.7 Å². The highest BCUT2D eigenvalue weighted by atomic mass is 32.1. The molecular formula is C20H17N3OS. The molecule has 0 bridgehead atoms. The molecule has 4 nitrogen and oxygen atoms in total. The molecule has 2 heterocycles. The summed E-state index contributed by atoms with van der Waals surface area (Å²) in [5.41, 5.74) is 2.18. The van der Waals surface area contributed by atoms with Crippen LogP contribution in [0.3, 0.4) is 0 Å². The van der Waals surface area contributed by atoms with Crippen LogP contribution in [-0.2, 0) is 0 Å². The highest BCUT2D eigenvalue weighted by molar-refractivity contribution is 7.21. The third kappa shape index (κ3) is 3.19. The number of anilines is 1. The lowest BCUT2D eigenvalue weighted by Gasteiger charge is -2.15. The lowest BCUT2D eigenvalue weighted by atomic mass is 10.1. The van der Waals surface area contributed by atoms with Crippen LogP contribution in [-0.4, -0.2) is 15.1 Å². The minimum atomic E-state index is 0.142. The van der Waals surface area contributed by atoms with Crippen molar-refractivity contribution in [3.8, 4) is 16.2 Å². The van der Waals surface area contributed by atoms with Crippen LogP contribution in [0.5, 0.6) is 5.75 Å². The number of aromatic hydroxyl groups is 1. The summed E-state index contributed by atoms with van der Waals surface area (Å²) in [5, 5.41) is 14.2. The third-order valence-corrected chi connectivity index (χ3v) is 5.21. The van der Waals surface area contributed by atoms with Gasteiger partial charge in [0, 0.05) is 10.9 Å². The molecule has 25 heavy (non-hydrogen) atoms. The Kier molecular flexibility index (Phi) is 4.07. The first-order chi connectivity index (χ1) is 12.2. The summed E-state index contributed by atoms with van der Waals surface area (Å²) in [6, 6.07) is 19.8. The maximum Gasteiger partial charge on any atom is 0.138 e. The van der Waals surface area contributed by atoms with E-state index in [0.29, 0.717) is 0 Å². The van der Waals surface area contributed by atoms with Crippen LogP contribution in [0.4, 0.5) is 5.82 Å². The fraction of sp³-hybridized carbons (Fsp3) is 0.100. The number of hydrogen-bond donors (Lipinski definition) is 2. The Balaban J connectivity index is 1.70. The van der Waals surface area contributed by atoms with Gasteiger partial charge in [-0.05, 0) is 36.2 Å². The third-order valence-electron chi connectivity index (χ3n) is 4.11. The van der Waals surface area contributed by atoms with Gasteiger partial charge in [-0.15, -0.1) is 11.3 Å². The molecule has 0 aliphatic carbocycles. The lowest BCUT2D eigenvalue weighted by molar-refractivity contribution is 0.475. The van der Waals surface area contributed by atoms with Gasteiger partial charge in [0.25, 0.3) is 0 Å². The molecule has 5 heteroatoms. The van der Waals surface area contributed by atoms with E-state index in [1.54, 1.807) is 29.8 Å². The fourth-order valence-corrected chi connectivity index (χ4v) is 3.80. The summed E-state index contributed by atoms with van der Waals surface area (Å²) in [6.07, 6.45) is 1.59. The Hall–Kier alpha value is -2.92. The average Bonchev–Trinajstić information content (AvgIpc) is 3.08. The van der Waals surface area contributed by atoms with Crippen molar-refractivity contribution >= 4 is 27.4 Å². The van der Waals surface area contributed by atoms with Gasteiger partial charge in [-0.1, -0.05) is 42.5 Å². The van der Waals surface area contributed by atoms with E-state index in [1.807, 2.05) is 30.3 Å². The topological polar surface area (TPSA) is 58.0 Å². The summed E-state index contributed by atoms with van der Waals surface area (Å²) < 4.78 is 0. The zero-order valence-electron chi connectivity index (χ0n) is 13.7. The number of nitrogens with zero attached hydrogens (tertiary/aromatic N) is 2. The van der Waals surface area contributed by atoms with Gasteiger partial charge in [0.1, 0.15) is 22.7 Å². The summed E-state index contributed by atoms with van der Waals surface area (Å²) in [7, 11) is 0. The monoisotopic (exact) mass is 347 g/mol. The van der Waals surface area contributed by atoms with Crippen molar-refractivity contribution in [1.82, 2.24) is 9.97 Å². The summed E-state index contributed by atoms with van der Waals surface area (Å²) in [6.45, 7) is 2.12. The van der Waals surface area contributed by atoms with E-state index in [4.69, 9.17) is 0 Å². The van der Waals surface area contributed by atoms with Crippen molar-refractivity contribution in [2.45, 2.75) is 13.0 Å². The largest absolute Gasteiger partial charge is 0.508 e.